The van der Waals surface area contributed by atoms with Gasteiger partial charge in [-0.1, -0.05) is 22.0 Å². The van der Waals surface area contributed by atoms with Gasteiger partial charge in [-0.25, -0.2) is 0 Å². The smallest absolute Gasteiger partial charge is 0.263 e. The molecule has 1 heterocycles. The number of amides is 1. The van der Waals surface area contributed by atoms with Crippen LogP contribution < -0.4 is 19.9 Å². The van der Waals surface area contributed by atoms with Crippen LogP contribution >= 0.6 is 31.9 Å². The SMILES string of the molecule is CN(C)C(=O)c1cccc(Oc2nc(Oc3cc(C(=N)N)ccc3O)c(F)c(OC(Br)CCBr)c2F)c1. The van der Waals surface area contributed by atoms with Crippen molar-refractivity contribution in [2.24, 2.45) is 5.73 Å². The fourth-order valence-electron chi connectivity index (χ4n) is 2.92. The molecule has 1 amide bonds. The number of rotatable bonds is 10. The molecule has 9 nitrogen and oxygen atoms in total. The number of halogens is 4. The first-order valence-corrected chi connectivity index (χ1v) is 12.7. The number of phenols is 1. The Hall–Kier alpha value is -3.45. The second-order valence-corrected chi connectivity index (χ2v) is 9.53. The molecule has 0 saturated carbocycles. The summed E-state index contributed by atoms with van der Waals surface area (Å²) < 4.78 is 47.1. The summed E-state index contributed by atoms with van der Waals surface area (Å²) in [6.07, 6.45) is 0.351. The Balaban J connectivity index is 2.08. The highest BCUT2D eigenvalue weighted by Crippen LogP contribution is 2.40. The van der Waals surface area contributed by atoms with Crippen LogP contribution in [0.1, 0.15) is 22.3 Å². The topological polar surface area (TPSA) is 131 Å². The maximum atomic E-state index is 15.4. The van der Waals surface area contributed by atoms with Gasteiger partial charge in [-0.2, -0.15) is 13.8 Å². The van der Waals surface area contributed by atoms with E-state index in [4.69, 9.17) is 25.4 Å². The average molecular weight is 644 g/mol. The number of amidine groups is 1. The van der Waals surface area contributed by atoms with E-state index in [0.29, 0.717) is 11.8 Å². The second-order valence-electron chi connectivity index (χ2n) is 7.71. The molecule has 3 rings (SSSR count). The fraction of sp³-hybridized carbons (Fsp3) is 0.208. The first-order chi connectivity index (χ1) is 17.5. The van der Waals surface area contributed by atoms with Gasteiger partial charge in [0.25, 0.3) is 17.7 Å². The molecule has 3 aromatic rings. The Labute approximate surface area is 227 Å². The third kappa shape index (κ3) is 6.86. The predicted octanol–water partition coefficient (Wildman–Crippen LogP) is 5.52. The molecule has 1 unspecified atom stereocenters. The summed E-state index contributed by atoms with van der Waals surface area (Å²) in [6, 6.07) is 9.65. The van der Waals surface area contributed by atoms with E-state index in [0.717, 1.165) is 0 Å². The molecule has 1 aromatic heterocycles. The van der Waals surface area contributed by atoms with Crippen LogP contribution in [0.15, 0.2) is 42.5 Å². The zero-order chi connectivity index (χ0) is 27.3. The van der Waals surface area contributed by atoms with E-state index in [1.165, 1.54) is 41.3 Å². The summed E-state index contributed by atoms with van der Waals surface area (Å²) in [4.78, 5) is 17.5. The molecule has 196 valence electrons. The van der Waals surface area contributed by atoms with Crippen molar-refractivity contribution in [1.29, 1.82) is 5.41 Å². The Morgan fingerprint density at radius 2 is 1.81 bits per heavy atom. The molecule has 0 radical (unpaired) electrons. The predicted molar refractivity (Wildman–Crippen MR) is 140 cm³/mol. The van der Waals surface area contributed by atoms with Gasteiger partial charge in [0, 0.05) is 37.0 Å². The molecule has 1 atom stereocenters. The fourth-order valence-corrected chi connectivity index (χ4v) is 4.37. The Kier molecular flexibility index (Phi) is 9.27. The largest absolute Gasteiger partial charge is 0.504 e. The molecule has 37 heavy (non-hydrogen) atoms. The van der Waals surface area contributed by atoms with Gasteiger partial charge in [0.2, 0.25) is 17.4 Å². The first kappa shape index (κ1) is 28.1. The van der Waals surface area contributed by atoms with Crippen molar-refractivity contribution in [2.45, 2.75) is 11.4 Å². The van der Waals surface area contributed by atoms with Gasteiger partial charge in [-0.05, 0) is 52.3 Å². The lowest BCUT2D eigenvalue weighted by atomic mass is 10.2. The number of hydrogen-bond acceptors (Lipinski definition) is 7. The van der Waals surface area contributed by atoms with E-state index in [2.05, 4.69) is 36.8 Å². The van der Waals surface area contributed by atoms with Gasteiger partial charge < -0.3 is 30.0 Å². The highest BCUT2D eigenvalue weighted by atomic mass is 79.9. The van der Waals surface area contributed by atoms with E-state index in [1.54, 1.807) is 20.2 Å². The van der Waals surface area contributed by atoms with E-state index >= 15 is 8.78 Å². The van der Waals surface area contributed by atoms with Gasteiger partial charge in [0.15, 0.2) is 16.5 Å². The molecular weight excluding hydrogens is 622 g/mol. The summed E-state index contributed by atoms with van der Waals surface area (Å²) in [7, 11) is 3.15. The van der Waals surface area contributed by atoms with Crippen LogP contribution in [0.4, 0.5) is 8.78 Å². The number of aromatic nitrogens is 1. The van der Waals surface area contributed by atoms with Crippen LogP contribution in [-0.2, 0) is 0 Å². The maximum absolute atomic E-state index is 15.4. The molecule has 0 bridgehead atoms. The number of carbonyl (C=O) groups is 1. The average Bonchev–Trinajstić information content (AvgIpc) is 2.85. The van der Waals surface area contributed by atoms with Gasteiger partial charge in [0.05, 0.1) is 0 Å². The minimum atomic E-state index is -1.30. The number of aromatic hydroxyl groups is 1. The Morgan fingerprint density at radius 1 is 1.14 bits per heavy atom. The quantitative estimate of drug-likeness (QED) is 0.151. The molecule has 0 spiro atoms. The maximum Gasteiger partial charge on any atom is 0.263 e. The first-order valence-electron chi connectivity index (χ1n) is 10.6. The van der Waals surface area contributed by atoms with Gasteiger partial charge in [-0.3, -0.25) is 10.2 Å². The standard InChI is InChI=1S/C24H22Br2F2N4O5/c1-32(2)24(34)13-4-3-5-14(10-13)35-22-18(27)20(37-17(26)8-9-25)19(28)23(31-22)36-16-11-12(21(29)30)6-7-15(16)33/h3-7,10-11,17,33H,8-9H2,1-2H3,(H3,29,30). The molecule has 0 aliphatic rings. The highest BCUT2D eigenvalue weighted by Gasteiger charge is 2.27. The number of pyridine rings is 1. The van der Waals surface area contributed by atoms with E-state index in [1.807, 2.05) is 0 Å². The number of alkyl halides is 2. The Bertz CT molecular complexity index is 1330. The monoisotopic (exact) mass is 642 g/mol. The molecule has 4 N–H and O–H groups in total. The highest BCUT2D eigenvalue weighted by molar-refractivity contribution is 9.10. The molecule has 0 fully saturated rings. The minimum absolute atomic E-state index is 0.0416. The zero-order valence-electron chi connectivity index (χ0n) is 19.6. The summed E-state index contributed by atoms with van der Waals surface area (Å²) in [5, 5.41) is 17.4. The molecule has 13 heteroatoms. The third-order valence-electron chi connectivity index (χ3n) is 4.74. The summed E-state index contributed by atoms with van der Waals surface area (Å²) >= 11 is 6.42. The normalized spacial score (nSPS) is 11.5. The second kappa shape index (κ2) is 12.2. The van der Waals surface area contributed by atoms with Crippen LogP contribution in [0.3, 0.4) is 0 Å². The number of nitrogens with two attached hydrogens (primary N) is 1. The van der Waals surface area contributed by atoms with Crippen LogP contribution in [-0.4, -0.2) is 51.2 Å². The molecule has 0 aliphatic heterocycles. The van der Waals surface area contributed by atoms with Crippen LogP contribution in [0, 0.1) is 17.0 Å². The van der Waals surface area contributed by atoms with Crippen molar-refractivity contribution in [1.82, 2.24) is 9.88 Å². The molecule has 2 aromatic carbocycles. The van der Waals surface area contributed by atoms with Crippen molar-refractivity contribution < 1.29 is 32.9 Å². The van der Waals surface area contributed by atoms with Gasteiger partial charge in [0.1, 0.15) is 11.6 Å². The lowest BCUT2D eigenvalue weighted by Gasteiger charge is -2.17. The number of nitrogen functional groups attached to an aromatic ring is 1. The molecule has 0 aliphatic carbocycles. The van der Waals surface area contributed by atoms with Crippen LogP contribution in [0.25, 0.3) is 0 Å². The van der Waals surface area contributed by atoms with Crippen molar-refractivity contribution in [2.75, 3.05) is 19.4 Å². The van der Waals surface area contributed by atoms with Crippen molar-refractivity contribution in [3.05, 3.63) is 65.2 Å². The third-order valence-corrected chi connectivity index (χ3v) is 5.84. The molecule has 0 saturated heterocycles. The van der Waals surface area contributed by atoms with Crippen molar-refractivity contribution in [3.8, 4) is 34.8 Å². The van der Waals surface area contributed by atoms with E-state index in [-0.39, 0.29) is 34.4 Å². The van der Waals surface area contributed by atoms with Crippen molar-refractivity contribution >= 4 is 43.6 Å². The summed E-state index contributed by atoms with van der Waals surface area (Å²) in [6.45, 7) is 0. The lowest BCUT2D eigenvalue weighted by molar-refractivity contribution is 0.0827. The van der Waals surface area contributed by atoms with Crippen LogP contribution in [0.5, 0.6) is 34.8 Å². The number of ether oxygens (including phenoxy) is 3. The number of nitrogens with one attached hydrogen (secondary N) is 1. The number of carbonyl (C=O) groups excluding carboxylic acids is 1. The minimum Gasteiger partial charge on any atom is -0.504 e. The van der Waals surface area contributed by atoms with E-state index in [9.17, 15) is 9.90 Å². The van der Waals surface area contributed by atoms with Gasteiger partial charge >= 0.3 is 0 Å². The van der Waals surface area contributed by atoms with Gasteiger partial charge in [-0.15, -0.1) is 0 Å². The number of nitrogens with zero attached hydrogens (tertiary/aromatic N) is 2. The van der Waals surface area contributed by atoms with E-state index < -0.39 is 39.9 Å². The van der Waals surface area contributed by atoms with Crippen LogP contribution in [0.2, 0.25) is 0 Å². The Morgan fingerprint density at radius 3 is 2.43 bits per heavy atom. The number of hydrogen-bond donors (Lipinski definition) is 3. The number of benzene rings is 2. The van der Waals surface area contributed by atoms with Crippen molar-refractivity contribution in [3.63, 3.8) is 0 Å². The summed E-state index contributed by atoms with van der Waals surface area (Å²) in [5.74, 6) is -6.18. The number of phenolic OH excluding ortho intramolecular Hbond substituents is 1. The molecular formula is C24H22Br2F2N4O5. The summed E-state index contributed by atoms with van der Waals surface area (Å²) in [5.41, 5.74) is 5.93. The lowest BCUT2D eigenvalue weighted by Crippen LogP contribution is -2.21. The zero-order valence-corrected chi connectivity index (χ0v) is 22.8.